The van der Waals surface area contributed by atoms with Gasteiger partial charge in [0, 0.05) is 5.56 Å². The van der Waals surface area contributed by atoms with Gasteiger partial charge < -0.3 is 14.6 Å². The molecule has 0 heterocycles. The summed E-state index contributed by atoms with van der Waals surface area (Å²) in [5.74, 6) is 1.66. The van der Waals surface area contributed by atoms with Crippen LogP contribution in [0.2, 0.25) is 0 Å². The summed E-state index contributed by atoms with van der Waals surface area (Å²) in [5, 5.41) is 13.3. The summed E-state index contributed by atoms with van der Waals surface area (Å²) < 4.78 is 12.5. The molecule has 0 saturated carbocycles. The number of benzene rings is 3. The molecule has 3 aromatic rings. The van der Waals surface area contributed by atoms with E-state index in [4.69, 9.17) is 9.47 Å². The van der Waals surface area contributed by atoms with E-state index in [0.29, 0.717) is 22.8 Å². The van der Waals surface area contributed by atoms with E-state index in [-0.39, 0.29) is 11.7 Å². The molecule has 0 aliphatic heterocycles. The van der Waals surface area contributed by atoms with Gasteiger partial charge in [-0.2, -0.15) is 5.10 Å². The normalized spacial score (nSPS) is 10.7. The third-order valence-electron chi connectivity index (χ3n) is 3.79. The van der Waals surface area contributed by atoms with Crippen molar-refractivity contribution in [2.24, 2.45) is 5.10 Å². The van der Waals surface area contributed by atoms with Crippen LogP contribution in [0.4, 0.5) is 0 Å². The molecule has 0 spiro atoms. The van der Waals surface area contributed by atoms with Crippen LogP contribution < -0.4 is 14.9 Å². The number of methoxy groups -OCH3 is 1. The summed E-state index contributed by atoms with van der Waals surface area (Å²) in [6.07, 6.45) is 1.54. The Hall–Kier alpha value is -2.84. The fourth-order valence-electron chi connectivity index (χ4n) is 2.40. The van der Waals surface area contributed by atoms with Gasteiger partial charge in [0.2, 0.25) is 0 Å². The van der Waals surface area contributed by atoms with Crippen LogP contribution in [0.3, 0.4) is 0 Å². The van der Waals surface area contributed by atoms with Gasteiger partial charge in [0.05, 0.1) is 22.3 Å². The van der Waals surface area contributed by atoms with Crippen molar-refractivity contribution in [1.82, 2.24) is 5.43 Å². The maximum atomic E-state index is 12.2. The van der Waals surface area contributed by atoms with Crippen molar-refractivity contribution < 1.29 is 19.4 Å². The fourth-order valence-corrected chi connectivity index (χ4v) is 3.95. The molecule has 0 radical (unpaired) electrons. The van der Waals surface area contributed by atoms with E-state index in [0.717, 1.165) is 14.5 Å². The molecule has 148 valence electrons. The van der Waals surface area contributed by atoms with E-state index in [1.54, 1.807) is 43.5 Å². The average molecular weight is 520 g/mol. The van der Waals surface area contributed by atoms with Gasteiger partial charge in [-0.25, -0.2) is 5.43 Å². The summed E-state index contributed by atoms with van der Waals surface area (Å²) in [5.41, 5.74) is 3.71. The second kappa shape index (κ2) is 9.58. The largest absolute Gasteiger partial charge is 0.508 e. The second-order valence-electron chi connectivity index (χ2n) is 5.84. The third kappa shape index (κ3) is 5.58. The smallest absolute Gasteiger partial charge is 0.271 e. The number of carbonyl (C=O) groups excluding carboxylic acids is 1. The van der Waals surface area contributed by atoms with Crippen molar-refractivity contribution in [1.29, 1.82) is 0 Å². The van der Waals surface area contributed by atoms with Gasteiger partial charge in [-0.15, -0.1) is 0 Å². The van der Waals surface area contributed by atoms with Crippen molar-refractivity contribution in [2.45, 2.75) is 0 Å². The highest BCUT2D eigenvalue weighted by Crippen LogP contribution is 2.33. The first kappa shape index (κ1) is 20.9. The second-order valence-corrected chi connectivity index (χ2v) is 7.55. The number of amides is 1. The monoisotopic (exact) mass is 518 g/mol. The molecule has 0 atom stereocenters. The molecule has 0 unspecified atom stereocenters. The van der Waals surface area contributed by atoms with Crippen molar-refractivity contribution in [2.75, 3.05) is 7.11 Å². The molecule has 3 rings (SSSR count). The lowest BCUT2D eigenvalue weighted by Gasteiger charge is -2.07. The SMILES string of the molecule is COc1c(Br)cc(C=NNC(=O)c2ccc(Oc3ccc(O)cc3)cc2)cc1Br. The molecule has 29 heavy (non-hydrogen) atoms. The first-order chi connectivity index (χ1) is 14.0. The molecule has 2 N–H and O–H groups in total. The maximum absolute atomic E-state index is 12.2. The minimum absolute atomic E-state index is 0.166. The molecule has 3 aromatic carbocycles. The number of hydrogen-bond acceptors (Lipinski definition) is 5. The molecule has 0 aliphatic rings. The molecule has 0 bridgehead atoms. The van der Waals surface area contributed by atoms with Gasteiger partial charge in [0.15, 0.2) is 0 Å². The number of nitrogens with one attached hydrogen (secondary N) is 1. The topological polar surface area (TPSA) is 80.2 Å². The molecule has 8 heteroatoms. The lowest BCUT2D eigenvalue weighted by molar-refractivity contribution is 0.0955. The zero-order chi connectivity index (χ0) is 20.8. The Labute approximate surface area is 184 Å². The third-order valence-corrected chi connectivity index (χ3v) is 4.97. The number of halogens is 2. The van der Waals surface area contributed by atoms with E-state index in [9.17, 15) is 9.90 Å². The predicted octanol–water partition coefficient (Wildman–Crippen LogP) is 5.48. The zero-order valence-corrected chi connectivity index (χ0v) is 18.4. The predicted molar refractivity (Wildman–Crippen MR) is 118 cm³/mol. The minimum atomic E-state index is -0.343. The number of nitrogens with zero attached hydrogens (tertiary/aromatic N) is 1. The van der Waals surface area contributed by atoms with Gasteiger partial charge in [0.1, 0.15) is 23.0 Å². The molecule has 0 fully saturated rings. The molecule has 6 nitrogen and oxygen atoms in total. The lowest BCUT2D eigenvalue weighted by atomic mass is 10.2. The minimum Gasteiger partial charge on any atom is -0.508 e. The summed E-state index contributed by atoms with van der Waals surface area (Å²) in [7, 11) is 1.58. The first-order valence-electron chi connectivity index (χ1n) is 8.39. The van der Waals surface area contributed by atoms with Crippen LogP contribution in [0, 0.1) is 0 Å². The zero-order valence-electron chi connectivity index (χ0n) is 15.2. The van der Waals surface area contributed by atoms with Crippen LogP contribution in [-0.2, 0) is 0 Å². The molecule has 0 saturated heterocycles. The van der Waals surface area contributed by atoms with E-state index in [1.807, 2.05) is 12.1 Å². The summed E-state index contributed by atoms with van der Waals surface area (Å²) >= 11 is 6.84. The van der Waals surface area contributed by atoms with Crippen LogP contribution in [0.25, 0.3) is 0 Å². The number of hydrazone groups is 1. The molecular formula is C21H16Br2N2O4. The highest BCUT2D eigenvalue weighted by molar-refractivity contribution is 9.11. The Morgan fingerprint density at radius 3 is 2.10 bits per heavy atom. The fraction of sp³-hybridized carbons (Fsp3) is 0.0476. The van der Waals surface area contributed by atoms with Crippen molar-refractivity contribution >= 4 is 44.0 Å². The van der Waals surface area contributed by atoms with E-state index in [2.05, 4.69) is 42.4 Å². The number of ether oxygens (including phenoxy) is 2. The van der Waals surface area contributed by atoms with Gasteiger partial charge in [0.25, 0.3) is 5.91 Å². The average Bonchev–Trinajstić information content (AvgIpc) is 2.70. The number of carbonyl (C=O) groups is 1. The molecule has 1 amide bonds. The summed E-state index contributed by atoms with van der Waals surface area (Å²) in [6.45, 7) is 0. The maximum Gasteiger partial charge on any atom is 0.271 e. The quantitative estimate of drug-likeness (QED) is 0.333. The Morgan fingerprint density at radius 1 is 1.00 bits per heavy atom. The highest BCUT2D eigenvalue weighted by Gasteiger charge is 2.08. The Bertz CT molecular complexity index is 1010. The van der Waals surface area contributed by atoms with Crippen LogP contribution >= 0.6 is 31.9 Å². The molecule has 0 aromatic heterocycles. The number of phenolic OH excluding ortho intramolecular Hbond substituents is 1. The van der Waals surface area contributed by atoms with Gasteiger partial charge in [-0.3, -0.25) is 4.79 Å². The van der Waals surface area contributed by atoms with Crippen molar-refractivity contribution in [3.8, 4) is 23.0 Å². The highest BCUT2D eigenvalue weighted by atomic mass is 79.9. The standard InChI is InChI=1S/C21H16Br2N2O4/c1-28-20-18(22)10-13(11-19(20)23)12-24-25-21(27)14-2-6-16(7-3-14)29-17-8-4-15(26)5-9-17/h2-12,26H,1H3,(H,25,27). The van der Waals surface area contributed by atoms with Crippen molar-refractivity contribution in [3.63, 3.8) is 0 Å². The van der Waals surface area contributed by atoms with Gasteiger partial charge >= 0.3 is 0 Å². The number of hydrogen-bond donors (Lipinski definition) is 2. The Kier molecular flexibility index (Phi) is 6.90. The van der Waals surface area contributed by atoms with E-state index < -0.39 is 0 Å². The van der Waals surface area contributed by atoms with Gasteiger partial charge in [-0.05, 0) is 98.1 Å². The molecular weight excluding hydrogens is 504 g/mol. The van der Waals surface area contributed by atoms with E-state index >= 15 is 0 Å². The Morgan fingerprint density at radius 2 is 1.55 bits per heavy atom. The number of rotatable bonds is 6. The Balaban J connectivity index is 1.61. The van der Waals surface area contributed by atoms with E-state index in [1.165, 1.54) is 18.3 Å². The van der Waals surface area contributed by atoms with Gasteiger partial charge in [-0.1, -0.05) is 0 Å². The number of aromatic hydroxyl groups is 1. The van der Waals surface area contributed by atoms with Crippen molar-refractivity contribution in [3.05, 3.63) is 80.7 Å². The van der Waals surface area contributed by atoms with Crippen LogP contribution in [-0.4, -0.2) is 24.3 Å². The van der Waals surface area contributed by atoms with Crippen LogP contribution in [0.15, 0.2) is 74.7 Å². The summed E-state index contributed by atoms with van der Waals surface area (Å²) in [6, 6.07) is 16.7. The summed E-state index contributed by atoms with van der Waals surface area (Å²) in [4.78, 5) is 12.2. The first-order valence-corrected chi connectivity index (χ1v) is 9.98. The molecule has 0 aliphatic carbocycles. The number of phenols is 1. The lowest BCUT2D eigenvalue weighted by Crippen LogP contribution is -2.17. The van der Waals surface area contributed by atoms with Crippen LogP contribution in [0.5, 0.6) is 23.0 Å². The van der Waals surface area contributed by atoms with Crippen LogP contribution in [0.1, 0.15) is 15.9 Å².